The van der Waals surface area contributed by atoms with E-state index in [1.165, 1.54) is 0 Å². The van der Waals surface area contributed by atoms with Gasteiger partial charge in [-0.05, 0) is 33.5 Å². The normalized spacial score (nSPS) is 12.5. The van der Waals surface area contributed by atoms with Crippen molar-refractivity contribution in [2.24, 2.45) is 0 Å². The molecule has 0 fully saturated rings. The first-order chi connectivity index (χ1) is 8.51. The lowest BCUT2D eigenvalue weighted by molar-refractivity contribution is 0.317. The van der Waals surface area contributed by atoms with Gasteiger partial charge in [-0.25, -0.2) is 0 Å². The van der Waals surface area contributed by atoms with Crippen molar-refractivity contribution in [1.82, 2.24) is 4.90 Å². The maximum absolute atomic E-state index is 5.88. The molecule has 0 heterocycles. The molecule has 102 valence electrons. The lowest BCUT2D eigenvalue weighted by atomic mass is 10.2. The highest BCUT2D eigenvalue weighted by molar-refractivity contribution is 5.59. The summed E-state index contributed by atoms with van der Waals surface area (Å²) >= 11 is 0. The summed E-state index contributed by atoms with van der Waals surface area (Å²) in [5.74, 6) is 0.830. The van der Waals surface area contributed by atoms with Gasteiger partial charge < -0.3 is 20.7 Å². The quantitative estimate of drug-likeness (QED) is 0.731. The number of ether oxygens (including phenoxy) is 1. The Kier molecular flexibility index (Phi) is 5.78. The Morgan fingerprint density at radius 3 is 2.67 bits per heavy atom. The number of hydrogen-bond donors (Lipinski definition) is 2. The number of hydrogen-bond acceptors (Lipinski definition) is 4. The Bertz CT molecular complexity index is 366. The molecule has 0 aromatic heterocycles. The van der Waals surface area contributed by atoms with Crippen molar-refractivity contribution in [3.63, 3.8) is 0 Å². The molecule has 4 heteroatoms. The van der Waals surface area contributed by atoms with Crippen LogP contribution >= 0.6 is 0 Å². The summed E-state index contributed by atoms with van der Waals surface area (Å²) < 4.78 is 5.61. The highest BCUT2D eigenvalue weighted by Gasteiger charge is 2.05. The number of benzene rings is 1. The second-order valence-electron chi connectivity index (χ2n) is 4.95. The fourth-order valence-corrected chi connectivity index (χ4v) is 1.89. The fourth-order valence-electron chi connectivity index (χ4n) is 1.89. The maximum Gasteiger partial charge on any atom is 0.123 e. The van der Waals surface area contributed by atoms with E-state index in [4.69, 9.17) is 10.5 Å². The molecule has 0 aliphatic heterocycles. The van der Waals surface area contributed by atoms with Crippen LogP contribution in [-0.2, 0) is 0 Å². The molecule has 0 amide bonds. The summed E-state index contributed by atoms with van der Waals surface area (Å²) in [6.07, 6.45) is 0.995. The molecule has 0 saturated carbocycles. The molecule has 0 bridgehead atoms. The largest absolute Gasteiger partial charge is 0.493 e. The topological polar surface area (TPSA) is 50.5 Å². The first kappa shape index (κ1) is 14.6. The minimum atomic E-state index is 0.362. The highest BCUT2D eigenvalue weighted by atomic mass is 16.5. The van der Waals surface area contributed by atoms with Gasteiger partial charge in [-0.3, -0.25) is 0 Å². The van der Waals surface area contributed by atoms with Crippen molar-refractivity contribution in [3.8, 4) is 5.75 Å². The highest BCUT2D eigenvalue weighted by Crippen LogP contribution is 2.23. The van der Waals surface area contributed by atoms with Crippen molar-refractivity contribution >= 4 is 11.4 Å². The number of nitrogens with two attached hydrogens (primary N) is 1. The van der Waals surface area contributed by atoms with Gasteiger partial charge in [-0.1, -0.05) is 6.92 Å². The van der Waals surface area contributed by atoms with Crippen molar-refractivity contribution in [2.75, 3.05) is 38.3 Å². The number of likely N-dealkylation sites (N-methyl/N-ethyl adjacent to an activating group) is 1. The molecule has 0 radical (unpaired) electrons. The predicted molar refractivity (Wildman–Crippen MR) is 78.3 cm³/mol. The second kappa shape index (κ2) is 7.11. The Balaban J connectivity index is 2.67. The van der Waals surface area contributed by atoms with E-state index in [0.717, 1.165) is 36.7 Å². The van der Waals surface area contributed by atoms with E-state index in [0.29, 0.717) is 6.04 Å². The van der Waals surface area contributed by atoms with E-state index < -0.39 is 0 Å². The van der Waals surface area contributed by atoms with Crippen LogP contribution in [0.15, 0.2) is 18.2 Å². The van der Waals surface area contributed by atoms with Gasteiger partial charge in [0.15, 0.2) is 0 Å². The lowest BCUT2D eigenvalue weighted by Crippen LogP contribution is -2.29. The SMILES string of the molecule is CCCOc1cc(N)cc(NC(C)CN(C)C)c1. The fraction of sp³-hybridized carbons (Fsp3) is 0.571. The van der Waals surface area contributed by atoms with Gasteiger partial charge in [-0.2, -0.15) is 0 Å². The van der Waals surface area contributed by atoms with E-state index in [1.807, 2.05) is 18.2 Å². The summed E-state index contributed by atoms with van der Waals surface area (Å²) in [7, 11) is 4.13. The van der Waals surface area contributed by atoms with E-state index in [-0.39, 0.29) is 0 Å². The summed E-state index contributed by atoms with van der Waals surface area (Å²) in [6.45, 7) is 5.93. The van der Waals surface area contributed by atoms with Crippen molar-refractivity contribution in [2.45, 2.75) is 26.3 Å². The molecule has 0 aliphatic carbocycles. The first-order valence-electron chi connectivity index (χ1n) is 6.46. The third-order valence-corrected chi connectivity index (χ3v) is 2.45. The van der Waals surface area contributed by atoms with Crippen molar-refractivity contribution < 1.29 is 4.74 Å². The third kappa shape index (κ3) is 5.27. The molecule has 1 aromatic rings. The van der Waals surface area contributed by atoms with E-state index >= 15 is 0 Å². The zero-order valence-corrected chi connectivity index (χ0v) is 11.9. The van der Waals surface area contributed by atoms with Crippen LogP contribution in [0.25, 0.3) is 0 Å². The molecule has 0 saturated heterocycles. The molecule has 0 aliphatic rings. The van der Waals surface area contributed by atoms with Gasteiger partial charge in [0.25, 0.3) is 0 Å². The van der Waals surface area contributed by atoms with Crippen molar-refractivity contribution in [1.29, 1.82) is 0 Å². The zero-order chi connectivity index (χ0) is 13.5. The number of nitrogens with zero attached hydrogens (tertiary/aromatic N) is 1. The summed E-state index contributed by atoms with van der Waals surface area (Å²) in [6, 6.07) is 6.15. The molecule has 4 nitrogen and oxygen atoms in total. The van der Waals surface area contributed by atoms with Gasteiger partial charge in [-0.15, -0.1) is 0 Å². The molecule has 1 aromatic carbocycles. The smallest absolute Gasteiger partial charge is 0.123 e. The standard InChI is InChI=1S/C14H25N3O/c1-5-6-18-14-8-12(15)7-13(9-14)16-11(2)10-17(3)4/h7-9,11,16H,5-6,10,15H2,1-4H3. The van der Waals surface area contributed by atoms with E-state index in [9.17, 15) is 0 Å². The van der Waals surface area contributed by atoms with Crippen LogP contribution in [0.5, 0.6) is 5.75 Å². The Labute approximate surface area is 110 Å². The Morgan fingerprint density at radius 1 is 1.33 bits per heavy atom. The molecule has 3 N–H and O–H groups in total. The number of anilines is 2. The average molecular weight is 251 g/mol. The predicted octanol–water partition coefficient (Wildman–Crippen LogP) is 2.42. The molecule has 1 atom stereocenters. The van der Waals surface area contributed by atoms with Crippen LogP contribution in [0.1, 0.15) is 20.3 Å². The molecule has 1 unspecified atom stereocenters. The summed E-state index contributed by atoms with van der Waals surface area (Å²) in [5.41, 5.74) is 7.61. The molecule has 1 rings (SSSR count). The summed E-state index contributed by atoms with van der Waals surface area (Å²) in [4.78, 5) is 2.15. The number of nitrogens with one attached hydrogen (secondary N) is 1. The summed E-state index contributed by atoms with van der Waals surface area (Å²) in [5, 5.41) is 3.43. The van der Waals surface area contributed by atoms with E-state index in [2.05, 4.69) is 38.2 Å². The zero-order valence-electron chi connectivity index (χ0n) is 11.9. The minimum absolute atomic E-state index is 0.362. The number of rotatable bonds is 7. The Morgan fingerprint density at radius 2 is 2.06 bits per heavy atom. The molecular weight excluding hydrogens is 226 g/mol. The van der Waals surface area contributed by atoms with Crippen LogP contribution in [0, 0.1) is 0 Å². The van der Waals surface area contributed by atoms with Crippen LogP contribution in [-0.4, -0.2) is 38.2 Å². The minimum Gasteiger partial charge on any atom is -0.493 e. The Hall–Kier alpha value is -1.42. The monoisotopic (exact) mass is 251 g/mol. The van der Waals surface area contributed by atoms with Gasteiger partial charge in [0.1, 0.15) is 5.75 Å². The molecule has 18 heavy (non-hydrogen) atoms. The van der Waals surface area contributed by atoms with Gasteiger partial charge in [0.05, 0.1) is 6.61 Å². The molecular formula is C14H25N3O. The van der Waals surface area contributed by atoms with Crippen LogP contribution in [0.3, 0.4) is 0 Å². The van der Waals surface area contributed by atoms with E-state index in [1.54, 1.807) is 0 Å². The lowest BCUT2D eigenvalue weighted by Gasteiger charge is -2.20. The maximum atomic E-state index is 5.88. The van der Waals surface area contributed by atoms with Crippen LogP contribution in [0.2, 0.25) is 0 Å². The first-order valence-corrected chi connectivity index (χ1v) is 6.46. The van der Waals surface area contributed by atoms with Gasteiger partial charge in [0, 0.05) is 36.1 Å². The van der Waals surface area contributed by atoms with Gasteiger partial charge >= 0.3 is 0 Å². The average Bonchev–Trinajstić information content (AvgIpc) is 2.24. The number of nitrogen functional groups attached to an aromatic ring is 1. The second-order valence-corrected chi connectivity index (χ2v) is 4.95. The van der Waals surface area contributed by atoms with Crippen LogP contribution < -0.4 is 15.8 Å². The van der Waals surface area contributed by atoms with Crippen LogP contribution in [0.4, 0.5) is 11.4 Å². The van der Waals surface area contributed by atoms with Crippen molar-refractivity contribution in [3.05, 3.63) is 18.2 Å². The third-order valence-electron chi connectivity index (χ3n) is 2.45. The molecule has 0 spiro atoms. The van der Waals surface area contributed by atoms with Gasteiger partial charge in [0.2, 0.25) is 0 Å².